The first kappa shape index (κ1) is 48.1. The third kappa shape index (κ3) is 22.8. The van der Waals surface area contributed by atoms with Gasteiger partial charge in [-0.1, -0.05) is 76.3 Å². The third-order valence-corrected chi connectivity index (χ3v) is 11.2. The minimum absolute atomic E-state index is 0.0855. The number of benzene rings is 1. The molecule has 0 unspecified atom stereocenters. The summed E-state index contributed by atoms with van der Waals surface area (Å²) in [6.07, 6.45) is 4.52. The minimum atomic E-state index is -4.23. The van der Waals surface area contributed by atoms with E-state index in [1.807, 2.05) is 13.8 Å². The van der Waals surface area contributed by atoms with E-state index in [1.165, 1.54) is 19.9 Å². The van der Waals surface area contributed by atoms with Crippen molar-refractivity contribution in [2.45, 2.75) is 105 Å². The van der Waals surface area contributed by atoms with Gasteiger partial charge in [0, 0.05) is 34.3 Å². The lowest BCUT2D eigenvalue weighted by atomic mass is 10.0. The summed E-state index contributed by atoms with van der Waals surface area (Å²) < 4.78 is 119. The molecule has 0 heterocycles. The molecule has 0 aliphatic heterocycles. The van der Waals surface area contributed by atoms with Crippen LogP contribution in [0.15, 0.2) is 76.3 Å². The molecule has 0 radical (unpaired) electrons. The number of hydrogen-bond acceptors (Lipinski definition) is 11. The van der Waals surface area contributed by atoms with Gasteiger partial charge in [-0.25, -0.2) is 44.2 Å². The highest BCUT2D eigenvalue weighted by molar-refractivity contribution is 7.93. The number of hydrogen-bond donors (Lipinski definition) is 4. The molecule has 0 bridgehead atoms. The summed E-state index contributed by atoms with van der Waals surface area (Å²) in [4.78, 5) is 12.4. The highest BCUT2D eigenvalue weighted by Crippen LogP contribution is 2.13. The molecule has 1 aromatic carbocycles. The number of nitrogens with one attached hydrogen (secondary N) is 4. The molecule has 0 fully saturated rings. The van der Waals surface area contributed by atoms with Crippen LogP contribution in [0.3, 0.4) is 0 Å². The van der Waals surface area contributed by atoms with Crippen LogP contribution in [0.1, 0.15) is 74.3 Å². The Morgan fingerprint density at radius 2 is 1.25 bits per heavy atom. The van der Waals surface area contributed by atoms with E-state index in [0.717, 1.165) is 39.9 Å². The fourth-order valence-electron chi connectivity index (χ4n) is 4.39. The summed E-state index contributed by atoms with van der Waals surface area (Å²) in [5.41, 5.74) is -0.0466. The van der Waals surface area contributed by atoms with Crippen molar-refractivity contribution in [3.05, 3.63) is 81.8 Å². The van der Waals surface area contributed by atoms with Crippen LogP contribution in [0.2, 0.25) is 0 Å². The Balaban J connectivity index is 3.17. The molecular formula is C34H56N4O11S4. The monoisotopic (exact) mass is 824 g/mol. The van der Waals surface area contributed by atoms with Gasteiger partial charge in [-0.2, -0.15) is 8.42 Å². The van der Waals surface area contributed by atoms with E-state index >= 15 is 0 Å². The molecule has 0 aliphatic rings. The summed E-state index contributed by atoms with van der Waals surface area (Å²) in [7, 11) is -16.6. The Bertz CT molecular complexity index is 1870. The van der Waals surface area contributed by atoms with Crippen LogP contribution in [0.4, 0.5) is 4.79 Å². The maximum Gasteiger partial charge on any atom is 0.408 e. The molecule has 0 aliphatic carbocycles. The second kappa shape index (κ2) is 21.3. The summed E-state index contributed by atoms with van der Waals surface area (Å²) in [6, 6.07) is 5.12. The van der Waals surface area contributed by atoms with Crippen LogP contribution in [0.25, 0.3) is 0 Å². The summed E-state index contributed by atoms with van der Waals surface area (Å²) in [5.74, 6) is -0.249. The SMILES string of the molecule is CCOS(=O)(=O)/C=C/[C@@H](NS(=O)(=O)/C=C/[C@H](C)NS(=O)(=O)/C=C/[C@H](Cc1ccccc1)NS(=O)(=O)/C=C/[C@H](CC(C)C)NC(=O)OC(C)(C)C)C(C)C. The maximum absolute atomic E-state index is 13.2. The van der Waals surface area contributed by atoms with Crippen molar-refractivity contribution in [2.75, 3.05) is 6.61 Å². The number of ether oxygens (including phenoxy) is 1. The Kier molecular flexibility index (Phi) is 19.3. The van der Waals surface area contributed by atoms with Gasteiger partial charge >= 0.3 is 6.09 Å². The first-order chi connectivity index (χ1) is 24.2. The first-order valence-electron chi connectivity index (χ1n) is 16.9. The lowest BCUT2D eigenvalue weighted by Gasteiger charge is -2.23. The molecule has 4 atom stereocenters. The van der Waals surface area contributed by atoms with E-state index in [1.54, 1.807) is 65.0 Å². The Morgan fingerprint density at radius 3 is 1.77 bits per heavy atom. The van der Waals surface area contributed by atoms with Crippen molar-refractivity contribution in [3.8, 4) is 0 Å². The quantitative estimate of drug-likeness (QED) is 0.122. The van der Waals surface area contributed by atoms with Crippen molar-refractivity contribution in [3.63, 3.8) is 0 Å². The smallest absolute Gasteiger partial charge is 0.408 e. The van der Waals surface area contributed by atoms with Gasteiger partial charge in [-0.05, 0) is 70.9 Å². The molecule has 53 heavy (non-hydrogen) atoms. The Labute approximate surface area is 317 Å². The van der Waals surface area contributed by atoms with Crippen LogP contribution in [-0.4, -0.2) is 76.1 Å². The van der Waals surface area contributed by atoms with Crippen molar-refractivity contribution in [1.82, 2.24) is 19.5 Å². The summed E-state index contributed by atoms with van der Waals surface area (Å²) in [5, 5.41) is 5.89. The van der Waals surface area contributed by atoms with Gasteiger partial charge < -0.3 is 10.1 Å². The number of amides is 1. The topological polar surface area (TPSA) is 220 Å². The van der Waals surface area contributed by atoms with E-state index in [4.69, 9.17) is 4.74 Å². The highest BCUT2D eigenvalue weighted by atomic mass is 32.2. The second-order valence-electron chi connectivity index (χ2n) is 13.9. The molecule has 0 saturated heterocycles. The third-order valence-electron chi connectivity index (χ3n) is 6.67. The maximum atomic E-state index is 13.2. The van der Waals surface area contributed by atoms with Gasteiger partial charge in [0.15, 0.2) is 0 Å². The normalized spacial score (nSPS) is 16.2. The first-order valence-corrected chi connectivity index (χ1v) is 23.1. The van der Waals surface area contributed by atoms with Crippen molar-refractivity contribution in [2.24, 2.45) is 11.8 Å². The predicted molar refractivity (Wildman–Crippen MR) is 208 cm³/mol. The molecule has 15 nitrogen and oxygen atoms in total. The van der Waals surface area contributed by atoms with E-state index in [9.17, 15) is 38.5 Å². The highest BCUT2D eigenvalue weighted by Gasteiger charge is 2.22. The summed E-state index contributed by atoms with van der Waals surface area (Å²) >= 11 is 0. The van der Waals surface area contributed by atoms with Crippen LogP contribution < -0.4 is 19.5 Å². The zero-order valence-electron chi connectivity index (χ0n) is 31.7. The number of alkyl carbamates (subject to hydrolysis) is 1. The average Bonchev–Trinajstić information content (AvgIpc) is 2.99. The molecule has 0 spiro atoms. The average molecular weight is 825 g/mol. The standard InChI is InChI=1S/C34H56N4O11S4/c1-10-48-53(46,47)23-19-32(27(4)5)38-52(44,45)20-16-28(6)36-50(40,41)22-18-31(25-29-14-12-11-13-15-29)37-51(42,43)21-17-30(24-26(2)3)35-33(39)49-34(7,8)9/h11-23,26-28,30-32,36-38H,10,24-25H2,1-9H3,(H,35,39)/b20-16+,21-17+,22-18+,23-19+/t28-,30+,31+,32+/m0/s1. The van der Waals surface area contributed by atoms with Gasteiger partial charge in [0.25, 0.3) is 10.1 Å². The van der Waals surface area contributed by atoms with E-state index in [2.05, 4.69) is 23.7 Å². The van der Waals surface area contributed by atoms with Crippen LogP contribution >= 0.6 is 0 Å². The Hall–Kier alpha value is -2.91. The van der Waals surface area contributed by atoms with Crippen LogP contribution in [0.5, 0.6) is 0 Å². The molecule has 1 amide bonds. The molecule has 19 heteroatoms. The van der Waals surface area contributed by atoms with Crippen molar-refractivity contribution >= 4 is 46.3 Å². The minimum Gasteiger partial charge on any atom is -0.444 e. The molecule has 0 aromatic heterocycles. The fourth-order valence-corrected chi connectivity index (χ4v) is 8.54. The number of rotatable bonds is 22. The second-order valence-corrected chi connectivity index (χ2v) is 20.2. The number of carbonyl (C=O) groups is 1. The van der Waals surface area contributed by atoms with Gasteiger partial charge in [0.2, 0.25) is 30.1 Å². The van der Waals surface area contributed by atoms with Gasteiger partial charge in [-0.15, -0.1) is 0 Å². The van der Waals surface area contributed by atoms with E-state index in [0.29, 0.717) is 12.0 Å². The lowest BCUT2D eigenvalue weighted by molar-refractivity contribution is 0.0510. The molecule has 4 N–H and O–H groups in total. The van der Waals surface area contributed by atoms with Gasteiger partial charge in [0.05, 0.1) is 18.1 Å². The lowest BCUT2D eigenvalue weighted by Crippen LogP contribution is -2.39. The molecule has 0 saturated carbocycles. The predicted octanol–water partition coefficient (Wildman–Crippen LogP) is 4.13. The van der Waals surface area contributed by atoms with Gasteiger partial charge in [-0.3, -0.25) is 4.18 Å². The zero-order chi connectivity index (χ0) is 40.7. The Morgan fingerprint density at radius 1 is 0.717 bits per heavy atom. The molecular weight excluding hydrogens is 769 g/mol. The fraction of sp³-hybridized carbons (Fsp3) is 0.559. The van der Waals surface area contributed by atoms with Crippen molar-refractivity contribution in [1.29, 1.82) is 0 Å². The summed E-state index contributed by atoms with van der Waals surface area (Å²) in [6.45, 7) is 15.1. The van der Waals surface area contributed by atoms with Crippen molar-refractivity contribution < 1.29 is 47.4 Å². The largest absolute Gasteiger partial charge is 0.444 e. The molecule has 302 valence electrons. The number of carbonyl (C=O) groups excluding carboxylic acids is 1. The van der Waals surface area contributed by atoms with E-state index in [-0.39, 0.29) is 24.9 Å². The van der Waals surface area contributed by atoms with Gasteiger partial charge in [0.1, 0.15) is 5.60 Å². The molecule has 1 aromatic rings. The zero-order valence-corrected chi connectivity index (χ0v) is 35.0. The van der Waals surface area contributed by atoms with E-state index < -0.39 is 76.0 Å². The molecule has 1 rings (SSSR count). The number of sulfonamides is 3. The van der Waals surface area contributed by atoms with Crippen LogP contribution in [-0.2, 0) is 55.5 Å². The van der Waals surface area contributed by atoms with Crippen LogP contribution in [0, 0.1) is 11.8 Å².